The summed E-state index contributed by atoms with van der Waals surface area (Å²) in [4.78, 5) is 16.9. The molecule has 0 aliphatic heterocycles. The summed E-state index contributed by atoms with van der Waals surface area (Å²) in [5.74, 6) is 0.318. The molecule has 3 aromatic rings. The van der Waals surface area contributed by atoms with Gasteiger partial charge >= 0.3 is 0 Å². The van der Waals surface area contributed by atoms with Crippen molar-refractivity contribution in [3.8, 4) is 0 Å². The molecule has 1 aromatic heterocycles. The van der Waals surface area contributed by atoms with Gasteiger partial charge in [-0.2, -0.15) is 0 Å². The Bertz CT molecular complexity index is 862. The minimum atomic E-state index is -0.201. The fourth-order valence-electron chi connectivity index (χ4n) is 2.28. The second-order valence-corrected chi connectivity index (χ2v) is 6.27. The van der Waals surface area contributed by atoms with Crippen LogP contribution < -0.4 is 10.6 Å². The van der Waals surface area contributed by atoms with E-state index in [2.05, 4.69) is 31.5 Å². The van der Waals surface area contributed by atoms with Crippen LogP contribution in [0.25, 0.3) is 0 Å². The summed E-state index contributed by atoms with van der Waals surface area (Å²) in [6, 6.07) is 18.9. The lowest BCUT2D eigenvalue weighted by Gasteiger charge is -2.11. The number of carbonyl (C=O) groups is 1. The van der Waals surface area contributed by atoms with Crippen LogP contribution in [0.4, 0.5) is 17.2 Å². The maximum absolute atomic E-state index is 12.6. The van der Waals surface area contributed by atoms with E-state index in [9.17, 15) is 4.79 Å². The normalized spacial score (nSPS) is 10.2. The Morgan fingerprint density at radius 3 is 2.54 bits per heavy atom. The molecule has 0 fully saturated rings. The molecule has 5 heteroatoms. The second kappa shape index (κ2) is 7.27. The number of halogens is 1. The fraction of sp³-hybridized carbons (Fsp3) is 0.0526. The largest absolute Gasteiger partial charge is 0.340 e. The number of hydrogen-bond donors (Lipinski definition) is 2. The lowest BCUT2D eigenvalue weighted by atomic mass is 10.2. The minimum absolute atomic E-state index is 0.201. The van der Waals surface area contributed by atoms with Crippen molar-refractivity contribution in [2.24, 2.45) is 0 Å². The van der Waals surface area contributed by atoms with Crippen LogP contribution in [-0.2, 0) is 0 Å². The highest BCUT2D eigenvalue weighted by Crippen LogP contribution is 2.21. The Balaban J connectivity index is 1.83. The van der Waals surface area contributed by atoms with Gasteiger partial charge in [-0.15, -0.1) is 0 Å². The maximum Gasteiger partial charge on any atom is 0.259 e. The van der Waals surface area contributed by atoms with Gasteiger partial charge in [-0.25, -0.2) is 4.98 Å². The first kappa shape index (κ1) is 16.2. The van der Waals surface area contributed by atoms with E-state index >= 15 is 0 Å². The number of carbonyl (C=O) groups excluding carboxylic acids is 1. The SMILES string of the molecule is Cc1cccc(NC(=O)c2cccnc2Nc2ccc(Br)cc2)c1. The molecule has 0 radical (unpaired) electrons. The molecular weight excluding hydrogens is 366 g/mol. The van der Waals surface area contributed by atoms with Crippen molar-refractivity contribution in [3.63, 3.8) is 0 Å². The zero-order valence-corrected chi connectivity index (χ0v) is 14.7. The number of rotatable bonds is 4. The highest BCUT2D eigenvalue weighted by Gasteiger charge is 2.13. The van der Waals surface area contributed by atoms with Crippen LogP contribution >= 0.6 is 15.9 Å². The first-order valence-corrected chi connectivity index (χ1v) is 8.27. The van der Waals surface area contributed by atoms with Gasteiger partial charge < -0.3 is 10.6 Å². The van der Waals surface area contributed by atoms with Gasteiger partial charge in [-0.3, -0.25) is 4.79 Å². The summed E-state index contributed by atoms with van der Waals surface area (Å²) in [7, 11) is 0. The summed E-state index contributed by atoms with van der Waals surface area (Å²) in [5, 5.41) is 6.09. The molecule has 1 heterocycles. The van der Waals surface area contributed by atoms with Gasteiger partial charge in [-0.05, 0) is 61.0 Å². The van der Waals surface area contributed by atoms with Gasteiger partial charge in [0.05, 0.1) is 5.56 Å². The molecule has 3 rings (SSSR count). The quantitative estimate of drug-likeness (QED) is 0.656. The predicted octanol–water partition coefficient (Wildman–Crippen LogP) is 5.15. The zero-order valence-electron chi connectivity index (χ0n) is 13.1. The number of anilines is 3. The van der Waals surface area contributed by atoms with Crippen LogP contribution in [-0.4, -0.2) is 10.9 Å². The number of benzene rings is 2. The minimum Gasteiger partial charge on any atom is -0.340 e. The van der Waals surface area contributed by atoms with E-state index in [4.69, 9.17) is 0 Å². The molecule has 0 unspecified atom stereocenters. The predicted molar refractivity (Wildman–Crippen MR) is 101 cm³/mol. The van der Waals surface area contributed by atoms with Crippen LogP contribution in [0.2, 0.25) is 0 Å². The van der Waals surface area contributed by atoms with Gasteiger partial charge in [0.25, 0.3) is 5.91 Å². The zero-order chi connectivity index (χ0) is 16.9. The van der Waals surface area contributed by atoms with Crippen molar-refractivity contribution < 1.29 is 4.79 Å². The smallest absolute Gasteiger partial charge is 0.259 e. The van der Waals surface area contributed by atoms with E-state index in [1.165, 1.54) is 0 Å². The molecule has 2 N–H and O–H groups in total. The Labute approximate surface area is 149 Å². The Morgan fingerprint density at radius 1 is 1.00 bits per heavy atom. The van der Waals surface area contributed by atoms with Crippen molar-refractivity contribution in [2.75, 3.05) is 10.6 Å². The number of aromatic nitrogens is 1. The fourth-order valence-corrected chi connectivity index (χ4v) is 2.54. The molecule has 0 atom stereocenters. The monoisotopic (exact) mass is 381 g/mol. The number of nitrogens with one attached hydrogen (secondary N) is 2. The number of amides is 1. The van der Waals surface area contributed by atoms with Crippen molar-refractivity contribution >= 4 is 39.0 Å². The summed E-state index contributed by atoms with van der Waals surface area (Å²) in [6.45, 7) is 1.99. The highest BCUT2D eigenvalue weighted by atomic mass is 79.9. The molecule has 0 bridgehead atoms. The molecule has 120 valence electrons. The van der Waals surface area contributed by atoms with E-state index in [-0.39, 0.29) is 5.91 Å². The molecule has 2 aromatic carbocycles. The highest BCUT2D eigenvalue weighted by molar-refractivity contribution is 9.10. The Morgan fingerprint density at radius 2 is 1.79 bits per heavy atom. The van der Waals surface area contributed by atoms with Gasteiger partial charge in [-0.1, -0.05) is 28.1 Å². The number of hydrogen-bond acceptors (Lipinski definition) is 3. The first-order chi connectivity index (χ1) is 11.6. The van der Waals surface area contributed by atoms with Crippen molar-refractivity contribution in [1.82, 2.24) is 4.98 Å². The molecule has 0 aliphatic rings. The average molecular weight is 382 g/mol. The van der Waals surface area contributed by atoms with Crippen LogP contribution in [0.1, 0.15) is 15.9 Å². The van der Waals surface area contributed by atoms with Crippen molar-refractivity contribution in [1.29, 1.82) is 0 Å². The third-order valence-electron chi connectivity index (χ3n) is 3.44. The molecule has 0 aliphatic carbocycles. The van der Waals surface area contributed by atoms with E-state index in [0.717, 1.165) is 21.4 Å². The van der Waals surface area contributed by atoms with E-state index in [0.29, 0.717) is 11.4 Å². The van der Waals surface area contributed by atoms with E-state index in [1.54, 1.807) is 18.3 Å². The van der Waals surface area contributed by atoms with Crippen LogP contribution in [0.15, 0.2) is 71.3 Å². The standard InChI is InChI=1S/C19H16BrN3O/c1-13-4-2-5-16(12-13)23-19(24)17-6-3-11-21-18(17)22-15-9-7-14(20)8-10-15/h2-12H,1H3,(H,21,22)(H,23,24). The summed E-state index contributed by atoms with van der Waals surface area (Å²) >= 11 is 3.40. The van der Waals surface area contributed by atoms with Crippen molar-refractivity contribution in [2.45, 2.75) is 6.92 Å². The third-order valence-corrected chi connectivity index (χ3v) is 3.96. The van der Waals surface area contributed by atoms with E-state index in [1.807, 2.05) is 55.5 Å². The Kier molecular flexibility index (Phi) is 4.91. The average Bonchev–Trinajstić information content (AvgIpc) is 2.57. The summed E-state index contributed by atoms with van der Waals surface area (Å²) in [5.41, 5.74) is 3.20. The molecule has 4 nitrogen and oxygen atoms in total. The topological polar surface area (TPSA) is 54.0 Å². The molecular formula is C19H16BrN3O. The second-order valence-electron chi connectivity index (χ2n) is 5.36. The Hall–Kier alpha value is -2.66. The number of nitrogens with zero attached hydrogens (tertiary/aromatic N) is 1. The van der Waals surface area contributed by atoms with Gasteiger partial charge in [0.1, 0.15) is 5.82 Å². The number of aryl methyl sites for hydroxylation is 1. The molecule has 0 spiro atoms. The van der Waals surface area contributed by atoms with Crippen molar-refractivity contribution in [3.05, 3.63) is 82.5 Å². The van der Waals surface area contributed by atoms with Crippen LogP contribution in [0.5, 0.6) is 0 Å². The molecule has 1 amide bonds. The maximum atomic E-state index is 12.6. The third kappa shape index (κ3) is 4.00. The molecule has 24 heavy (non-hydrogen) atoms. The summed E-state index contributed by atoms with van der Waals surface area (Å²) < 4.78 is 0.992. The first-order valence-electron chi connectivity index (χ1n) is 7.47. The van der Waals surface area contributed by atoms with Gasteiger partial charge in [0.2, 0.25) is 0 Å². The summed E-state index contributed by atoms with van der Waals surface area (Å²) in [6.07, 6.45) is 1.66. The van der Waals surface area contributed by atoms with Crippen LogP contribution in [0, 0.1) is 6.92 Å². The van der Waals surface area contributed by atoms with Gasteiger partial charge in [0, 0.05) is 22.0 Å². The van der Waals surface area contributed by atoms with Crippen LogP contribution in [0.3, 0.4) is 0 Å². The van der Waals surface area contributed by atoms with E-state index < -0.39 is 0 Å². The molecule has 0 saturated heterocycles. The van der Waals surface area contributed by atoms with Gasteiger partial charge in [0.15, 0.2) is 0 Å². The lowest BCUT2D eigenvalue weighted by Crippen LogP contribution is -2.14. The molecule has 0 saturated carbocycles. The lowest BCUT2D eigenvalue weighted by molar-refractivity contribution is 0.102. The number of pyridine rings is 1.